The van der Waals surface area contributed by atoms with Crippen molar-refractivity contribution in [3.05, 3.63) is 59.7 Å². The Morgan fingerprint density at radius 1 is 1.00 bits per heavy atom. The third kappa shape index (κ3) is 5.96. The summed E-state index contributed by atoms with van der Waals surface area (Å²) in [5.74, 6) is -1.40. The number of hydrogen-bond donors (Lipinski definition) is 2. The second kappa shape index (κ2) is 10.1. The van der Waals surface area contributed by atoms with Crippen LogP contribution in [0.4, 0.5) is 5.69 Å². The Morgan fingerprint density at radius 3 is 2.09 bits per heavy atom. The van der Waals surface area contributed by atoms with Gasteiger partial charge >= 0.3 is 5.97 Å². The summed E-state index contributed by atoms with van der Waals surface area (Å²) in [4.78, 5) is 36.0. The predicted octanol–water partition coefficient (Wildman–Crippen LogP) is 2.39. The fraction of sp³-hybridized carbons (Fsp3) is 0.348. The average molecular weight is 474 g/mol. The van der Waals surface area contributed by atoms with Gasteiger partial charge < -0.3 is 15.8 Å². The van der Waals surface area contributed by atoms with Gasteiger partial charge in [-0.2, -0.15) is 4.31 Å². The number of esters is 1. The zero-order chi connectivity index (χ0) is 24.2. The molecule has 9 nitrogen and oxygen atoms in total. The van der Waals surface area contributed by atoms with Crippen LogP contribution >= 0.6 is 0 Å². The first-order valence-corrected chi connectivity index (χ1v) is 12.0. The number of rotatable bonds is 7. The Morgan fingerprint density at radius 2 is 1.55 bits per heavy atom. The second-order valence-corrected chi connectivity index (χ2v) is 10.0. The quantitative estimate of drug-likeness (QED) is 0.593. The lowest BCUT2D eigenvalue weighted by Gasteiger charge is -2.29. The highest BCUT2D eigenvalue weighted by Crippen LogP contribution is 2.24. The number of benzene rings is 2. The van der Waals surface area contributed by atoms with E-state index in [4.69, 9.17) is 10.5 Å². The first-order valence-electron chi connectivity index (χ1n) is 10.6. The summed E-state index contributed by atoms with van der Waals surface area (Å²) >= 11 is 0. The number of amides is 2. The van der Waals surface area contributed by atoms with Crippen LogP contribution in [0.25, 0.3) is 0 Å². The van der Waals surface area contributed by atoms with Gasteiger partial charge in [-0.1, -0.05) is 6.92 Å². The van der Waals surface area contributed by atoms with E-state index >= 15 is 0 Å². The van der Waals surface area contributed by atoms with Crippen molar-refractivity contribution in [2.24, 2.45) is 11.7 Å². The van der Waals surface area contributed by atoms with E-state index in [1.165, 1.54) is 59.8 Å². The lowest BCUT2D eigenvalue weighted by Crippen LogP contribution is -2.37. The first kappa shape index (κ1) is 24.4. The van der Waals surface area contributed by atoms with Gasteiger partial charge in [0.2, 0.25) is 15.9 Å². The van der Waals surface area contributed by atoms with E-state index in [9.17, 15) is 22.8 Å². The molecule has 2 amide bonds. The number of piperidine rings is 1. The summed E-state index contributed by atoms with van der Waals surface area (Å²) in [6, 6.07) is 11.4. The summed E-state index contributed by atoms with van der Waals surface area (Å²) in [5.41, 5.74) is 6.02. The highest BCUT2D eigenvalue weighted by Gasteiger charge is 2.28. The second-order valence-electron chi connectivity index (χ2n) is 8.09. The zero-order valence-corrected chi connectivity index (χ0v) is 19.3. The van der Waals surface area contributed by atoms with Crippen LogP contribution < -0.4 is 11.1 Å². The SMILES string of the molecule is CC1CCN(S(=O)(=O)c2ccc(C(=O)O[C@@H](C)C(=O)Nc3ccc(C(N)=O)cc3)cc2)CC1. The Hall–Kier alpha value is -3.24. The van der Waals surface area contributed by atoms with E-state index in [0.717, 1.165) is 12.8 Å². The summed E-state index contributed by atoms with van der Waals surface area (Å²) in [5, 5.41) is 2.58. The molecule has 0 saturated carbocycles. The summed E-state index contributed by atoms with van der Waals surface area (Å²) < 4.78 is 32.3. The van der Waals surface area contributed by atoms with E-state index in [2.05, 4.69) is 12.2 Å². The number of carbonyl (C=O) groups is 3. The standard InChI is InChI=1S/C23H27N3O6S/c1-15-11-13-26(14-12-15)33(30,31)20-9-5-18(6-10-20)23(29)32-16(2)22(28)25-19-7-3-17(4-8-19)21(24)27/h3-10,15-16H,11-14H2,1-2H3,(H2,24,27)(H,25,28)/t16-/m0/s1. The molecule has 0 spiro atoms. The van der Waals surface area contributed by atoms with Gasteiger partial charge in [-0.05, 0) is 74.2 Å². The van der Waals surface area contributed by atoms with Crippen molar-refractivity contribution < 1.29 is 27.5 Å². The number of sulfonamides is 1. The topological polar surface area (TPSA) is 136 Å². The van der Waals surface area contributed by atoms with Gasteiger partial charge in [-0.25, -0.2) is 13.2 Å². The van der Waals surface area contributed by atoms with Crippen LogP contribution in [0.15, 0.2) is 53.4 Å². The largest absolute Gasteiger partial charge is 0.449 e. The van der Waals surface area contributed by atoms with Crippen LogP contribution in [0.3, 0.4) is 0 Å². The molecule has 2 aromatic rings. The number of nitrogens with zero attached hydrogens (tertiary/aromatic N) is 1. The van der Waals surface area contributed by atoms with Gasteiger partial charge in [0.25, 0.3) is 5.91 Å². The normalized spacial score (nSPS) is 16.1. The molecule has 0 unspecified atom stereocenters. The number of carbonyl (C=O) groups excluding carboxylic acids is 3. The Kier molecular flexibility index (Phi) is 7.50. The van der Waals surface area contributed by atoms with Gasteiger partial charge in [-0.3, -0.25) is 9.59 Å². The number of ether oxygens (including phenoxy) is 1. The highest BCUT2D eigenvalue weighted by molar-refractivity contribution is 7.89. The molecule has 3 N–H and O–H groups in total. The molecule has 0 aliphatic carbocycles. The summed E-state index contributed by atoms with van der Waals surface area (Å²) in [6.07, 6.45) is 0.532. The fourth-order valence-corrected chi connectivity index (χ4v) is 4.85. The van der Waals surface area contributed by atoms with E-state index in [1.54, 1.807) is 0 Å². The van der Waals surface area contributed by atoms with Crippen molar-refractivity contribution in [2.45, 2.75) is 37.7 Å². The Balaban J connectivity index is 1.59. The van der Waals surface area contributed by atoms with E-state index in [-0.39, 0.29) is 10.5 Å². The van der Waals surface area contributed by atoms with E-state index < -0.39 is 33.9 Å². The Bertz CT molecular complexity index is 1120. The van der Waals surface area contributed by atoms with Crippen LogP contribution in [0.1, 0.15) is 47.4 Å². The average Bonchev–Trinajstić information content (AvgIpc) is 2.79. The maximum atomic E-state index is 12.8. The van der Waals surface area contributed by atoms with Crippen molar-refractivity contribution in [3.63, 3.8) is 0 Å². The number of hydrogen-bond acceptors (Lipinski definition) is 6. The van der Waals surface area contributed by atoms with Crippen LogP contribution in [-0.4, -0.2) is 49.7 Å². The minimum absolute atomic E-state index is 0.110. The summed E-state index contributed by atoms with van der Waals surface area (Å²) in [7, 11) is -3.62. The van der Waals surface area contributed by atoms with Gasteiger partial charge in [0.15, 0.2) is 6.10 Å². The van der Waals surface area contributed by atoms with Crippen molar-refractivity contribution in [2.75, 3.05) is 18.4 Å². The van der Waals surface area contributed by atoms with Crippen molar-refractivity contribution in [1.82, 2.24) is 4.31 Å². The zero-order valence-electron chi connectivity index (χ0n) is 18.5. The predicted molar refractivity (Wildman–Crippen MR) is 122 cm³/mol. The van der Waals surface area contributed by atoms with Crippen LogP contribution in [0.5, 0.6) is 0 Å². The molecule has 0 bridgehead atoms. The van der Waals surface area contributed by atoms with Crippen molar-refractivity contribution in [3.8, 4) is 0 Å². The van der Waals surface area contributed by atoms with Crippen LogP contribution in [0.2, 0.25) is 0 Å². The minimum Gasteiger partial charge on any atom is -0.449 e. The van der Waals surface area contributed by atoms with Gasteiger partial charge in [0, 0.05) is 24.3 Å². The van der Waals surface area contributed by atoms with Crippen molar-refractivity contribution in [1.29, 1.82) is 0 Å². The molecule has 176 valence electrons. The monoisotopic (exact) mass is 473 g/mol. The van der Waals surface area contributed by atoms with Crippen LogP contribution in [-0.2, 0) is 19.6 Å². The number of nitrogens with two attached hydrogens (primary N) is 1. The molecular formula is C23H27N3O6S. The first-order chi connectivity index (χ1) is 15.6. The molecular weight excluding hydrogens is 446 g/mol. The molecule has 1 fully saturated rings. The molecule has 0 aromatic heterocycles. The highest BCUT2D eigenvalue weighted by atomic mass is 32.2. The fourth-order valence-electron chi connectivity index (χ4n) is 3.38. The maximum Gasteiger partial charge on any atom is 0.338 e. The molecule has 1 atom stereocenters. The van der Waals surface area contributed by atoms with E-state index in [1.807, 2.05) is 0 Å². The van der Waals surface area contributed by atoms with Gasteiger partial charge in [0.05, 0.1) is 10.5 Å². The molecule has 1 saturated heterocycles. The molecule has 0 radical (unpaired) electrons. The molecule has 1 aliphatic heterocycles. The molecule has 10 heteroatoms. The maximum absolute atomic E-state index is 12.8. The molecule has 2 aromatic carbocycles. The Labute approximate surface area is 193 Å². The van der Waals surface area contributed by atoms with Gasteiger partial charge in [0.1, 0.15) is 0 Å². The number of anilines is 1. The number of primary amides is 1. The smallest absolute Gasteiger partial charge is 0.338 e. The third-order valence-electron chi connectivity index (χ3n) is 5.56. The van der Waals surface area contributed by atoms with E-state index in [0.29, 0.717) is 30.3 Å². The van der Waals surface area contributed by atoms with Crippen LogP contribution in [0, 0.1) is 5.92 Å². The van der Waals surface area contributed by atoms with Gasteiger partial charge in [-0.15, -0.1) is 0 Å². The molecule has 1 aliphatic rings. The summed E-state index contributed by atoms with van der Waals surface area (Å²) in [6.45, 7) is 4.47. The van der Waals surface area contributed by atoms with Crippen molar-refractivity contribution >= 4 is 33.5 Å². The molecule has 33 heavy (non-hydrogen) atoms. The lowest BCUT2D eigenvalue weighted by atomic mass is 10.0. The number of nitrogens with one attached hydrogen (secondary N) is 1. The third-order valence-corrected chi connectivity index (χ3v) is 7.47. The lowest BCUT2D eigenvalue weighted by molar-refractivity contribution is -0.123. The molecule has 3 rings (SSSR count). The minimum atomic E-state index is -3.62. The molecule has 1 heterocycles.